The van der Waals surface area contributed by atoms with Gasteiger partial charge in [-0.25, -0.2) is 4.98 Å². The van der Waals surface area contributed by atoms with Crippen molar-refractivity contribution in [3.8, 4) is 22.8 Å². The van der Waals surface area contributed by atoms with Crippen molar-refractivity contribution in [1.29, 1.82) is 0 Å². The fraction of sp³-hybridized carbons (Fsp3) is 0.421. The van der Waals surface area contributed by atoms with Crippen molar-refractivity contribution in [2.24, 2.45) is 0 Å². The molecule has 134 valence electrons. The lowest BCUT2D eigenvalue weighted by Crippen LogP contribution is -2.15. The van der Waals surface area contributed by atoms with Gasteiger partial charge in [0.2, 0.25) is 4.96 Å². The Labute approximate surface area is 154 Å². The van der Waals surface area contributed by atoms with Crippen LogP contribution in [0, 0.1) is 0 Å². The van der Waals surface area contributed by atoms with Gasteiger partial charge in [-0.1, -0.05) is 30.6 Å². The first kappa shape index (κ1) is 15.8. The van der Waals surface area contributed by atoms with Crippen LogP contribution in [-0.4, -0.2) is 34.1 Å². The second-order valence-electron chi connectivity index (χ2n) is 6.79. The Bertz CT molecular complexity index is 972. The summed E-state index contributed by atoms with van der Waals surface area (Å²) in [6.45, 7) is 1.08. The molecule has 3 heterocycles. The zero-order chi connectivity index (χ0) is 17.5. The molecule has 1 aliphatic heterocycles. The van der Waals surface area contributed by atoms with E-state index < -0.39 is 0 Å². The number of ether oxygens (including phenoxy) is 2. The van der Waals surface area contributed by atoms with E-state index in [4.69, 9.17) is 19.6 Å². The van der Waals surface area contributed by atoms with Crippen LogP contribution in [0.2, 0.25) is 0 Å². The molecule has 26 heavy (non-hydrogen) atoms. The lowest BCUT2D eigenvalue weighted by atomic mass is 9.90. The molecule has 2 aromatic heterocycles. The molecular formula is C19H19N3O3S. The molecule has 3 aromatic rings. The molecule has 0 atom stereocenters. The molecule has 1 fully saturated rings. The van der Waals surface area contributed by atoms with Crippen molar-refractivity contribution in [1.82, 2.24) is 14.6 Å². The highest BCUT2D eigenvalue weighted by atomic mass is 32.1. The number of nitrogens with zero attached hydrogens (tertiary/aromatic N) is 3. The van der Waals surface area contributed by atoms with Gasteiger partial charge in [0.05, 0.1) is 0 Å². The molecule has 7 heteroatoms. The van der Waals surface area contributed by atoms with E-state index in [2.05, 4.69) is 0 Å². The van der Waals surface area contributed by atoms with Crippen molar-refractivity contribution >= 4 is 22.6 Å². The number of carbonyl (C=O) groups excluding carboxylic acids is 1. The summed E-state index contributed by atoms with van der Waals surface area (Å²) in [5.41, 5.74) is 1.98. The predicted octanol–water partition coefficient (Wildman–Crippen LogP) is 4.09. The van der Waals surface area contributed by atoms with Crippen LogP contribution in [0.15, 0.2) is 18.2 Å². The minimum Gasteiger partial charge on any atom is -0.486 e. The first-order chi connectivity index (χ1) is 12.8. The van der Waals surface area contributed by atoms with Crippen LogP contribution >= 0.6 is 11.3 Å². The maximum absolute atomic E-state index is 11.8. The maximum atomic E-state index is 11.8. The smallest absolute Gasteiger partial charge is 0.213 e. The van der Waals surface area contributed by atoms with E-state index in [0.717, 1.165) is 27.6 Å². The highest BCUT2D eigenvalue weighted by Crippen LogP contribution is 2.38. The van der Waals surface area contributed by atoms with Gasteiger partial charge in [-0.3, -0.25) is 4.79 Å². The highest BCUT2D eigenvalue weighted by molar-refractivity contribution is 7.16. The van der Waals surface area contributed by atoms with Crippen LogP contribution in [0.25, 0.3) is 16.2 Å². The molecule has 1 saturated carbocycles. The topological polar surface area (TPSA) is 65.7 Å². The lowest BCUT2D eigenvalue weighted by molar-refractivity contribution is 0.111. The number of hydrogen-bond donors (Lipinski definition) is 0. The minimum absolute atomic E-state index is 0.495. The third-order valence-electron chi connectivity index (χ3n) is 5.14. The Hall–Kier alpha value is -2.41. The van der Waals surface area contributed by atoms with Gasteiger partial charge < -0.3 is 9.47 Å². The van der Waals surface area contributed by atoms with Gasteiger partial charge in [-0.05, 0) is 31.0 Å². The molecule has 1 aromatic carbocycles. The molecule has 0 radical (unpaired) electrons. The fourth-order valence-electron chi connectivity index (χ4n) is 3.80. The fourth-order valence-corrected chi connectivity index (χ4v) is 4.88. The zero-order valence-corrected chi connectivity index (χ0v) is 15.1. The molecule has 0 bridgehead atoms. The van der Waals surface area contributed by atoms with Gasteiger partial charge >= 0.3 is 0 Å². The third-order valence-corrected chi connectivity index (χ3v) is 6.21. The van der Waals surface area contributed by atoms with Gasteiger partial charge in [0.15, 0.2) is 17.8 Å². The monoisotopic (exact) mass is 369 g/mol. The van der Waals surface area contributed by atoms with Crippen LogP contribution in [-0.2, 0) is 0 Å². The molecule has 2 aliphatic rings. The summed E-state index contributed by atoms with van der Waals surface area (Å²) in [6, 6.07) is 5.66. The zero-order valence-electron chi connectivity index (χ0n) is 14.3. The second kappa shape index (κ2) is 6.39. The Balaban J connectivity index is 1.56. The molecule has 0 saturated heterocycles. The number of hydrogen-bond acceptors (Lipinski definition) is 6. The molecule has 0 N–H and O–H groups in total. The Morgan fingerprint density at radius 3 is 2.73 bits per heavy atom. The summed E-state index contributed by atoms with van der Waals surface area (Å²) >= 11 is 1.60. The number of carbonyl (C=O) groups is 1. The Morgan fingerprint density at radius 1 is 1.12 bits per heavy atom. The largest absolute Gasteiger partial charge is 0.486 e. The normalized spacial score (nSPS) is 17.5. The van der Waals surface area contributed by atoms with Crippen molar-refractivity contribution in [3.63, 3.8) is 0 Å². The van der Waals surface area contributed by atoms with Gasteiger partial charge in [0.25, 0.3) is 0 Å². The van der Waals surface area contributed by atoms with Gasteiger partial charge in [-0.15, -0.1) is 0 Å². The third kappa shape index (κ3) is 2.58. The van der Waals surface area contributed by atoms with Crippen LogP contribution in [0.1, 0.15) is 53.5 Å². The first-order valence-corrected chi connectivity index (χ1v) is 9.90. The Kier molecular flexibility index (Phi) is 3.89. The second-order valence-corrected chi connectivity index (χ2v) is 7.78. The van der Waals surface area contributed by atoms with Crippen molar-refractivity contribution in [3.05, 3.63) is 28.9 Å². The summed E-state index contributed by atoms with van der Waals surface area (Å²) in [4.78, 5) is 17.3. The van der Waals surface area contributed by atoms with Crippen molar-refractivity contribution in [2.45, 2.75) is 38.0 Å². The minimum atomic E-state index is 0.495. The maximum Gasteiger partial charge on any atom is 0.213 e. The summed E-state index contributed by atoms with van der Waals surface area (Å²) in [5.74, 6) is 1.93. The quantitative estimate of drug-likeness (QED) is 0.651. The molecule has 0 amide bonds. The molecule has 5 rings (SSSR count). The SMILES string of the molecule is O=Cc1c(-c2ccc3c(c2)OCCO3)nc2sc(C3CCCCC3)nn12. The first-order valence-electron chi connectivity index (χ1n) is 9.08. The van der Waals surface area contributed by atoms with Gasteiger partial charge in [0, 0.05) is 11.5 Å². The molecule has 0 unspecified atom stereocenters. The van der Waals surface area contributed by atoms with E-state index >= 15 is 0 Å². The van der Waals surface area contributed by atoms with E-state index in [1.807, 2.05) is 18.2 Å². The van der Waals surface area contributed by atoms with Gasteiger partial charge in [0.1, 0.15) is 29.6 Å². The number of rotatable bonds is 3. The van der Waals surface area contributed by atoms with E-state index in [1.54, 1.807) is 15.9 Å². The number of aldehydes is 1. The van der Waals surface area contributed by atoms with Crippen LogP contribution in [0.3, 0.4) is 0 Å². The van der Waals surface area contributed by atoms with Crippen LogP contribution < -0.4 is 9.47 Å². The summed E-state index contributed by atoms with van der Waals surface area (Å²) < 4.78 is 12.9. The van der Waals surface area contributed by atoms with E-state index in [1.165, 1.54) is 32.1 Å². The van der Waals surface area contributed by atoms with E-state index in [-0.39, 0.29) is 0 Å². The Morgan fingerprint density at radius 2 is 1.92 bits per heavy atom. The predicted molar refractivity (Wildman–Crippen MR) is 98.5 cm³/mol. The number of benzene rings is 1. The van der Waals surface area contributed by atoms with Crippen LogP contribution in [0.4, 0.5) is 0 Å². The summed E-state index contributed by atoms with van der Waals surface area (Å²) in [7, 11) is 0. The number of aromatic nitrogens is 3. The standard InChI is InChI=1S/C19H19N3O3S/c23-11-14-17(13-6-7-15-16(10-13)25-9-8-24-15)20-19-22(14)21-18(26-19)12-4-2-1-3-5-12/h6-7,10-12H,1-5,8-9H2. The molecular weight excluding hydrogens is 350 g/mol. The average molecular weight is 369 g/mol. The van der Waals surface area contributed by atoms with Crippen molar-refractivity contribution < 1.29 is 14.3 Å². The van der Waals surface area contributed by atoms with Crippen molar-refractivity contribution in [2.75, 3.05) is 13.2 Å². The molecule has 1 aliphatic carbocycles. The van der Waals surface area contributed by atoms with E-state index in [0.29, 0.717) is 36.3 Å². The molecule has 6 nitrogen and oxygen atoms in total. The molecule has 0 spiro atoms. The number of imidazole rings is 1. The van der Waals surface area contributed by atoms with Gasteiger partial charge in [-0.2, -0.15) is 9.61 Å². The van der Waals surface area contributed by atoms with E-state index in [9.17, 15) is 4.79 Å². The lowest BCUT2D eigenvalue weighted by Gasteiger charge is -2.18. The highest BCUT2D eigenvalue weighted by Gasteiger charge is 2.24. The summed E-state index contributed by atoms with van der Waals surface area (Å²) in [5, 5.41) is 5.83. The average Bonchev–Trinajstić information content (AvgIpc) is 3.26. The van der Waals surface area contributed by atoms with Crippen LogP contribution in [0.5, 0.6) is 11.5 Å². The number of fused-ring (bicyclic) bond motifs is 2. The summed E-state index contributed by atoms with van der Waals surface area (Å²) in [6.07, 6.45) is 7.04.